The third-order valence-corrected chi connectivity index (χ3v) is 8.68. The van der Waals surface area contributed by atoms with E-state index >= 15 is 0 Å². The van der Waals surface area contributed by atoms with Crippen LogP contribution in [0.4, 0.5) is 11.5 Å². The van der Waals surface area contributed by atoms with Gasteiger partial charge in [0.25, 0.3) is 0 Å². The van der Waals surface area contributed by atoms with Crippen LogP contribution in [-0.4, -0.2) is 64.6 Å². The summed E-state index contributed by atoms with van der Waals surface area (Å²) in [5.41, 5.74) is 11.3. The molecule has 0 bridgehead atoms. The number of allylic oxidation sites excluding steroid dienone is 2. The molecule has 3 aromatic rings. The van der Waals surface area contributed by atoms with Crippen LogP contribution in [0.25, 0.3) is 23.5 Å². The second-order valence-corrected chi connectivity index (χ2v) is 13.4. The summed E-state index contributed by atoms with van der Waals surface area (Å²) >= 11 is 0. The zero-order chi connectivity index (χ0) is 29.3. The van der Waals surface area contributed by atoms with E-state index < -0.39 is 9.84 Å². The molecule has 0 saturated carbocycles. The van der Waals surface area contributed by atoms with Crippen molar-refractivity contribution in [3.05, 3.63) is 64.1 Å². The van der Waals surface area contributed by atoms with Gasteiger partial charge in [-0.05, 0) is 54.7 Å². The standard InChI is InChI=1S/C30H39N7O3S/c1-19(2)23-9-10-27(37-16-21(29(37)31)18-41(4,39)40)24-8-6-5-7-22(15-25(23)24)33-28-11-12-32-30(34-28)26-17-36(13-14-38)35-20(26)3/h7-12,15,17,19,21,29,38H,5-6,13-14,16,18,31H2,1-4H3,(H,32,33,34)/b22-7?,24-8+,25-15?/t21-,29+/m1/s1. The lowest BCUT2D eigenvalue weighted by atomic mass is 9.92. The minimum Gasteiger partial charge on any atom is -0.394 e. The van der Waals surface area contributed by atoms with Crippen LogP contribution in [0.1, 0.15) is 43.9 Å². The molecule has 2 aromatic heterocycles. The number of aryl methyl sites for hydroxylation is 1. The SMILES string of the molecule is Cc1nn(CCO)cc1-c1nccc(NC2=CCC/C=c3/c(N4C[C@H](CS(C)(=O)=O)[C@H]4N)ccc(C(C)C)c3=C2)n1. The lowest BCUT2D eigenvalue weighted by Gasteiger charge is -2.47. The number of hydrogen-bond donors (Lipinski definition) is 3. The zero-order valence-electron chi connectivity index (χ0n) is 24.1. The summed E-state index contributed by atoms with van der Waals surface area (Å²) in [6.45, 7) is 7.32. The van der Waals surface area contributed by atoms with E-state index in [1.54, 1.807) is 10.9 Å². The highest BCUT2D eigenvalue weighted by Gasteiger charge is 2.38. The molecule has 0 radical (unpaired) electrons. The van der Waals surface area contributed by atoms with Gasteiger partial charge in [0.15, 0.2) is 5.82 Å². The van der Waals surface area contributed by atoms with Gasteiger partial charge in [0.05, 0.1) is 36.3 Å². The molecule has 1 aliphatic carbocycles. The monoisotopic (exact) mass is 577 g/mol. The summed E-state index contributed by atoms with van der Waals surface area (Å²) in [5, 5.41) is 19.5. The molecule has 10 nitrogen and oxygen atoms in total. The van der Waals surface area contributed by atoms with Crippen molar-refractivity contribution in [2.45, 2.75) is 52.2 Å². The molecule has 1 aliphatic heterocycles. The lowest BCUT2D eigenvalue weighted by Crippen LogP contribution is -2.64. The number of aliphatic hydroxyl groups excluding tert-OH is 1. The fourth-order valence-corrected chi connectivity index (χ4v) is 6.68. The van der Waals surface area contributed by atoms with Crippen molar-refractivity contribution >= 4 is 33.5 Å². The number of nitrogens with two attached hydrogens (primary N) is 1. The molecule has 0 amide bonds. The molecular formula is C30H39N7O3S. The first-order valence-electron chi connectivity index (χ1n) is 14.0. The summed E-state index contributed by atoms with van der Waals surface area (Å²) in [5.74, 6) is 1.57. The second kappa shape index (κ2) is 11.8. The topological polar surface area (TPSA) is 139 Å². The third-order valence-electron chi connectivity index (χ3n) is 7.64. The molecule has 2 atom stereocenters. The van der Waals surface area contributed by atoms with Gasteiger partial charge in [-0.3, -0.25) is 4.68 Å². The van der Waals surface area contributed by atoms with Crippen LogP contribution in [0.3, 0.4) is 0 Å². The number of aromatic nitrogens is 4. The lowest BCUT2D eigenvalue weighted by molar-refractivity contribution is 0.269. The average Bonchev–Trinajstić information content (AvgIpc) is 3.27. The predicted molar refractivity (Wildman–Crippen MR) is 163 cm³/mol. The maximum Gasteiger partial charge on any atom is 0.164 e. The highest BCUT2D eigenvalue weighted by Crippen LogP contribution is 2.28. The van der Waals surface area contributed by atoms with Crippen molar-refractivity contribution in [2.75, 3.05) is 35.4 Å². The Morgan fingerprint density at radius 1 is 1.17 bits per heavy atom. The molecule has 218 valence electrons. The van der Waals surface area contributed by atoms with E-state index in [4.69, 9.17) is 10.7 Å². The Morgan fingerprint density at radius 2 is 1.95 bits per heavy atom. The number of fused-ring (bicyclic) bond motifs is 1. The van der Waals surface area contributed by atoms with Crippen molar-refractivity contribution in [3.8, 4) is 11.4 Å². The Balaban J connectivity index is 1.49. The van der Waals surface area contributed by atoms with Crippen LogP contribution in [0.5, 0.6) is 0 Å². The molecule has 1 aromatic carbocycles. The summed E-state index contributed by atoms with van der Waals surface area (Å²) in [6.07, 6.45) is 12.8. The van der Waals surface area contributed by atoms with Crippen LogP contribution >= 0.6 is 0 Å². The Labute approximate surface area is 241 Å². The van der Waals surface area contributed by atoms with E-state index in [-0.39, 0.29) is 24.4 Å². The van der Waals surface area contributed by atoms with Crippen molar-refractivity contribution < 1.29 is 13.5 Å². The van der Waals surface area contributed by atoms with Crippen molar-refractivity contribution in [1.82, 2.24) is 19.7 Å². The van der Waals surface area contributed by atoms with E-state index in [9.17, 15) is 13.5 Å². The van der Waals surface area contributed by atoms with Gasteiger partial charge < -0.3 is 21.1 Å². The molecule has 2 aliphatic rings. The number of hydrogen-bond acceptors (Lipinski definition) is 9. The number of nitrogens with one attached hydrogen (secondary N) is 1. The third kappa shape index (κ3) is 6.37. The molecule has 11 heteroatoms. The Hall–Kier alpha value is -3.54. The van der Waals surface area contributed by atoms with Gasteiger partial charge in [0.1, 0.15) is 15.7 Å². The number of sulfone groups is 1. The fourth-order valence-electron chi connectivity index (χ4n) is 5.60. The fraction of sp³-hybridized carbons (Fsp3) is 0.433. The number of benzene rings is 1. The molecule has 1 saturated heterocycles. The highest BCUT2D eigenvalue weighted by atomic mass is 32.2. The van der Waals surface area contributed by atoms with Crippen LogP contribution < -0.4 is 26.4 Å². The van der Waals surface area contributed by atoms with Crippen molar-refractivity contribution in [3.63, 3.8) is 0 Å². The molecular weight excluding hydrogens is 538 g/mol. The van der Waals surface area contributed by atoms with E-state index in [1.165, 1.54) is 11.8 Å². The number of rotatable bonds is 9. The normalized spacial score (nSPS) is 19.7. The molecule has 41 heavy (non-hydrogen) atoms. The van der Waals surface area contributed by atoms with E-state index in [1.807, 2.05) is 19.2 Å². The minimum absolute atomic E-state index is 0.0108. The quantitative estimate of drug-likeness (QED) is 0.348. The van der Waals surface area contributed by atoms with E-state index in [2.05, 4.69) is 64.5 Å². The highest BCUT2D eigenvalue weighted by molar-refractivity contribution is 7.90. The van der Waals surface area contributed by atoms with Crippen LogP contribution in [0.15, 0.2) is 42.4 Å². The summed E-state index contributed by atoms with van der Waals surface area (Å²) in [7, 11) is -3.09. The van der Waals surface area contributed by atoms with Crippen molar-refractivity contribution in [1.29, 1.82) is 0 Å². The Kier molecular flexibility index (Phi) is 8.30. The molecule has 0 spiro atoms. The summed E-state index contributed by atoms with van der Waals surface area (Å²) < 4.78 is 25.4. The number of nitrogens with zero attached hydrogens (tertiary/aromatic N) is 5. The smallest absolute Gasteiger partial charge is 0.164 e. The first kappa shape index (κ1) is 29.0. The predicted octanol–water partition coefficient (Wildman–Crippen LogP) is 1.88. The van der Waals surface area contributed by atoms with Gasteiger partial charge in [-0.1, -0.05) is 32.1 Å². The number of aliphatic hydroxyl groups is 1. The maximum absolute atomic E-state index is 11.9. The van der Waals surface area contributed by atoms with Gasteiger partial charge in [-0.2, -0.15) is 5.10 Å². The van der Waals surface area contributed by atoms with Crippen LogP contribution in [0.2, 0.25) is 0 Å². The van der Waals surface area contributed by atoms with E-state index in [0.717, 1.165) is 45.9 Å². The van der Waals surface area contributed by atoms with Gasteiger partial charge in [0, 0.05) is 47.7 Å². The first-order chi connectivity index (χ1) is 19.5. The van der Waals surface area contributed by atoms with Crippen molar-refractivity contribution in [2.24, 2.45) is 11.7 Å². The Bertz CT molecular complexity index is 1690. The minimum atomic E-state index is -3.09. The number of anilines is 2. The van der Waals surface area contributed by atoms with E-state index in [0.29, 0.717) is 30.6 Å². The molecule has 4 N–H and O–H groups in total. The molecule has 3 heterocycles. The Morgan fingerprint density at radius 3 is 2.66 bits per heavy atom. The first-order valence-corrected chi connectivity index (χ1v) is 16.1. The molecule has 5 rings (SSSR count). The van der Waals surface area contributed by atoms with Gasteiger partial charge >= 0.3 is 0 Å². The van der Waals surface area contributed by atoms with Gasteiger partial charge in [-0.25, -0.2) is 18.4 Å². The average molecular weight is 578 g/mol. The maximum atomic E-state index is 11.9. The largest absolute Gasteiger partial charge is 0.394 e. The van der Waals surface area contributed by atoms with Gasteiger partial charge in [0.2, 0.25) is 0 Å². The van der Waals surface area contributed by atoms with Gasteiger partial charge in [-0.15, -0.1) is 0 Å². The summed E-state index contributed by atoms with van der Waals surface area (Å²) in [4.78, 5) is 11.4. The zero-order valence-corrected chi connectivity index (χ0v) is 24.9. The summed E-state index contributed by atoms with van der Waals surface area (Å²) in [6, 6.07) is 6.14. The van der Waals surface area contributed by atoms with Crippen LogP contribution in [0, 0.1) is 12.8 Å². The second-order valence-electron chi connectivity index (χ2n) is 11.2. The molecule has 1 fully saturated rings. The van der Waals surface area contributed by atoms with Crippen LogP contribution in [-0.2, 0) is 16.4 Å². The molecule has 0 unspecified atom stereocenters.